The molecule has 0 saturated carbocycles. The highest BCUT2D eigenvalue weighted by molar-refractivity contribution is 6.17. The van der Waals surface area contributed by atoms with E-state index in [-0.39, 0.29) is 6.41 Å². The largest absolute Gasteiger partial charge is 0.372 e. The zero-order valence-electron chi connectivity index (χ0n) is 15.5. The Kier molecular flexibility index (Phi) is 6.35. The number of nitrogens with zero attached hydrogens (tertiary/aromatic N) is 2. The van der Waals surface area contributed by atoms with Crippen LogP contribution in [0.2, 0.25) is 0 Å². The molecule has 2 N–H and O–H groups in total. The fraction of sp³-hybridized carbons (Fsp3) is 0.0870. The molecular weight excluding hydrogens is 370 g/mol. The molecule has 28 heavy (non-hydrogen) atoms. The number of hydrogen-bond donors (Lipinski definition) is 1. The number of halogens is 1. The van der Waals surface area contributed by atoms with Gasteiger partial charge < -0.3 is 5.73 Å². The minimum Gasteiger partial charge on any atom is -0.372 e. The van der Waals surface area contributed by atoms with Crippen molar-refractivity contribution in [1.29, 1.82) is 0 Å². The van der Waals surface area contributed by atoms with Gasteiger partial charge in [-0.1, -0.05) is 54.6 Å². The lowest BCUT2D eigenvalue weighted by Gasteiger charge is -2.12. The first kappa shape index (κ1) is 19.5. The summed E-state index contributed by atoms with van der Waals surface area (Å²) in [6.45, 7) is 2.04. The molecule has 140 valence electrons. The van der Waals surface area contributed by atoms with Gasteiger partial charge in [0.2, 0.25) is 6.41 Å². The number of fused-ring (bicyclic) bond motifs is 1. The smallest absolute Gasteiger partial charge is 0.204 e. The molecule has 0 aliphatic rings. The van der Waals surface area contributed by atoms with Crippen LogP contribution in [0.3, 0.4) is 0 Å². The second-order valence-electron chi connectivity index (χ2n) is 6.27. The third kappa shape index (κ3) is 4.35. The molecule has 4 aromatic rings. The van der Waals surface area contributed by atoms with E-state index in [0.717, 1.165) is 44.5 Å². The molecule has 0 unspecified atom stereocenters. The van der Waals surface area contributed by atoms with Gasteiger partial charge in [0.05, 0.1) is 16.7 Å². The first-order valence-electron chi connectivity index (χ1n) is 8.79. The van der Waals surface area contributed by atoms with Crippen LogP contribution >= 0.6 is 11.6 Å². The van der Waals surface area contributed by atoms with Gasteiger partial charge in [-0.15, -0.1) is 11.6 Å². The molecule has 5 heteroatoms. The summed E-state index contributed by atoms with van der Waals surface area (Å²) in [5.41, 5.74) is 12.5. The summed E-state index contributed by atoms with van der Waals surface area (Å²) in [7, 11) is 0. The van der Waals surface area contributed by atoms with E-state index in [2.05, 4.69) is 59.2 Å². The Bertz CT molecular complexity index is 1080. The maximum atomic E-state index is 8.58. The molecule has 0 saturated heterocycles. The standard InChI is InChI=1S/C22H17ClN2.CH3NO/c1-15-11-21-20(24-14-15)12-19(17-5-3-2-4-6-17)22(25-21)18-9-7-16(13-23)8-10-18;2-1-3/h2-12,14H,13H2,1H3;1H,(H2,2,3). The zero-order valence-corrected chi connectivity index (χ0v) is 16.2. The average molecular weight is 390 g/mol. The van der Waals surface area contributed by atoms with Gasteiger partial charge in [0.25, 0.3) is 0 Å². The lowest BCUT2D eigenvalue weighted by atomic mass is 9.98. The van der Waals surface area contributed by atoms with Crippen LogP contribution in [-0.2, 0) is 10.7 Å². The number of benzene rings is 2. The molecule has 2 aromatic carbocycles. The van der Waals surface area contributed by atoms with E-state index >= 15 is 0 Å². The number of aromatic nitrogens is 2. The molecule has 0 aliphatic heterocycles. The van der Waals surface area contributed by atoms with Crippen molar-refractivity contribution in [2.75, 3.05) is 0 Å². The van der Waals surface area contributed by atoms with Crippen molar-refractivity contribution < 1.29 is 4.79 Å². The molecule has 4 nitrogen and oxygen atoms in total. The van der Waals surface area contributed by atoms with Gasteiger partial charge in [0, 0.05) is 23.2 Å². The summed E-state index contributed by atoms with van der Waals surface area (Å²) >= 11 is 5.92. The topological polar surface area (TPSA) is 68.9 Å². The van der Waals surface area contributed by atoms with Crippen LogP contribution in [0.15, 0.2) is 72.9 Å². The second kappa shape index (κ2) is 9.11. The number of rotatable bonds is 3. The number of hydrogen-bond acceptors (Lipinski definition) is 3. The number of nitrogens with two attached hydrogens (primary N) is 1. The molecule has 0 bridgehead atoms. The lowest BCUT2D eigenvalue weighted by molar-refractivity contribution is -0.106. The van der Waals surface area contributed by atoms with Gasteiger partial charge in [-0.05, 0) is 35.7 Å². The normalized spacial score (nSPS) is 10.2. The minimum atomic E-state index is 0.250. The molecule has 0 fully saturated rings. The maximum absolute atomic E-state index is 8.58. The van der Waals surface area contributed by atoms with Crippen LogP contribution in [-0.4, -0.2) is 16.4 Å². The summed E-state index contributed by atoms with van der Waals surface area (Å²) in [4.78, 5) is 18.1. The lowest BCUT2D eigenvalue weighted by Crippen LogP contribution is -1.93. The SMILES string of the molecule is Cc1cnc2cc(-c3ccccc3)c(-c3ccc(CCl)cc3)nc2c1.NC=O. The Morgan fingerprint density at radius 3 is 2.29 bits per heavy atom. The van der Waals surface area contributed by atoms with Gasteiger partial charge in [0.1, 0.15) is 0 Å². The fourth-order valence-electron chi connectivity index (χ4n) is 2.96. The van der Waals surface area contributed by atoms with Crippen molar-refractivity contribution in [3.63, 3.8) is 0 Å². The van der Waals surface area contributed by atoms with E-state index in [0.29, 0.717) is 5.88 Å². The van der Waals surface area contributed by atoms with Gasteiger partial charge in [-0.2, -0.15) is 0 Å². The number of alkyl halides is 1. The van der Waals surface area contributed by atoms with Crippen molar-refractivity contribution >= 4 is 29.0 Å². The first-order valence-corrected chi connectivity index (χ1v) is 9.33. The van der Waals surface area contributed by atoms with Crippen molar-refractivity contribution in [2.24, 2.45) is 5.73 Å². The third-order valence-corrected chi connectivity index (χ3v) is 4.58. The molecule has 2 aromatic heterocycles. The summed E-state index contributed by atoms with van der Waals surface area (Å²) in [6.07, 6.45) is 2.13. The zero-order chi connectivity index (χ0) is 19.9. The van der Waals surface area contributed by atoms with E-state index in [4.69, 9.17) is 21.4 Å². The Morgan fingerprint density at radius 1 is 0.964 bits per heavy atom. The molecule has 2 heterocycles. The molecule has 4 rings (SSSR count). The van der Waals surface area contributed by atoms with Crippen LogP contribution < -0.4 is 5.73 Å². The number of primary amides is 1. The monoisotopic (exact) mass is 389 g/mol. The Labute approximate surface area is 169 Å². The van der Waals surface area contributed by atoms with Crippen LogP contribution in [0.5, 0.6) is 0 Å². The van der Waals surface area contributed by atoms with Crippen molar-refractivity contribution in [3.05, 3.63) is 84.1 Å². The molecule has 0 spiro atoms. The van der Waals surface area contributed by atoms with Crippen LogP contribution in [0.25, 0.3) is 33.4 Å². The van der Waals surface area contributed by atoms with Crippen molar-refractivity contribution in [1.82, 2.24) is 9.97 Å². The van der Waals surface area contributed by atoms with Crippen LogP contribution in [0.4, 0.5) is 0 Å². The van der Waals surface area contributed by atoms with E-state index in [1.54, 1.807) is 0 Å². The average Bonchev–Trinajstić information content (AvgIpc) is 2.74. The van der Waals surface area contributed by atoms with Crippen LogP contribution in [0, 0.1) is 6.92 Å². The van der Waals surface area contributed by atoms with E-state index < -0.39 is 0 Å². The van der Waals surface area contributed by atoms with Gasteiger partial charge in [0.15, 0.2) is 0 Å². The summed E-state index contributed by atoms with van der Waals surface area (Å²) in [6, 6.07) is 22.8. The number of aryl methyl sites for hydroxylation is 1. The number of amides is 1. The summed E-state index contributed by atoms with van der Waals surface area (Å²) in [5, 5.41) is 0. The maximum Gasteiger partial charge on any atom is 0.204 e. The van der Waals surface area contributed by atoms with Crippen molar-refractivity contribution in [2.45, 2.75) is 12.8 Å². The highest BCUT2D eigenvalue weighted by atomic mass is 35.5. The van der Waals surface area contributed by atoms with E-state index in [9.17, 15) is 0 Å². The molecular formula is C23H20ClN3O. The Balaban J connectivity index is 0.000000706. The molecule has 0 radical (unpaired) electrons. The molecule has 0 atom stereocenters. The van der Waals surface area contributed by atoms with Crippen molar-refractivity contribution in [3.8, 4) is 22.4 Å². The fourth-order valence-corrected chi connectivity index (χ4v) is 3.14. The minimum absolute atomic E-state index is 0.250. The third-order valence-electron chi connectivity index (χ3n) is 4.27. The second-order valence-corrected chi connectivity index (χ2v) is 6.54. The van der Waals surface area contributed by atoms with E-state index in [1.807, 2.05) is 31.3 Å². The summed E-state index contributed by atoms with van der Waals surface area (Å²) < 4.78 is 0. The van der Waals surface area contributed by atoms with Gasteiger partial charge in [-0.25, -0.2) is 4.98 Å². The number of pyridine rings is 2. The van der Waals surface area contributed by atoms with Gasteiger partial charge in [-0.3, -0.25) is 9.78 Å². The molecule has 1 amide bonds. The number of carbonyl (C=O) groups is 1. The first-order chi connectivity index (χ1) is 13.7. The highest BCUT2D eigenvalue weighted by Gasteiger charge is 2.12. The highest BCUT2D eigenvalue weighted by Crippen LogP contribution is 2.33. The summed E-state index contributed by atoms with van der Waals surface area (Å²) in [5.74, 6) is 0.514. The predicted molar refractivity (Wildman–Crippen MR) is 115 cm³/mol. The van der Waals surface area contributed by atoms with Crippen LogP contribution in [0.1, 0.15) is 11.1 Å². The quantitative estimate of drug-likeness (QED) is 0.391. The Morgan fingerprint density at radius 2 is 1.64 bits per heavy atom. The number of carbonyl (C=O) groups excluding carboxylic acids is 1. The molecule has 0 aliphatic carbocycles. The van der Waals surface area contributed by atoms with E-state index in [1.165, 1.54) is 0 Å². The van der Waals surface area contributed by atoms with Gasteiger partial charge >= 0.3 is 0 Å². The Hall–Kier alpha value is -3.24. The predicted octanol–water partition coefficient (Wildman–Crippen LogP) is 5.11.